The molecule has 7 nitrogen and oxygen atoms in total. The van der Waals surface area contributed by atoms with Crippen molar-refractivity contribution < 1.29 is 23.8 Å². The zero-order valence-electron chi connectivity index (χ0n) is 16.1. The maximum atomic E-state index is 12.5. The van der Waals surface area contributed by atoms with E-state index in [4.69, 9.17) is 19.5 Å². The SMILES string of the molecule is CCN(Cc1ccc(OC)c(OC)c1)C(=O)COC(=O)c1cccc(C#N)c1. The van der Waals surface area contributed by atoms with Gasteiger partial charge in [-0.05, 0) is 42.8 Å². The van der Waals surface area contributed by atoms with Crippen LogP contribution in [0.15, 0.2) is 42.5 Å². The molecule has 0 heterocycles. The number of carbonyl (C=O) groups excluding carboxylic acids is 2. The van der Waals surface area contributed by atoms with Gasteiger partial charge in [0.05, 0.1) is 31.4 Å². The van der Waals surface area contributed by atoms with E-state index in [0.29, 0.717) is 30.2 Å². The van der Waals surface area contributed by atoms with Crippen molar-refractivity contribution in [2.45, 2.75) is 13.5 Å². The number of esters is 1. The normalized spacial score (nSPS) is 9.93. The summed E-state index contributed by atoms with van der Waals surface area (Å²) in [5.41, 5.74) is 1.44. The first-order valence-corrected chi connectivity index (χ1v) is 8.68. The Morgan fingerprint density at radius 2 is 1.82 bits per heavy atom. The zero-order chi connectivity index (χ0) is 20.5. The Hall–Kier alpha value is -3.53. The van der Waals surface area contributed by atoms with Crippen LogP contribution in [0.2, 0.25) is 0 Å². The fourth-order valence-electron chi connectivity index (χ4n) is 2.59. The second-order valence-electron chi connectivity index (χ2n) is 5.87. The molecule has 0 fully saturated rings. The number of nitriles is 1. The lowest BCUT2D eigenvalue weighted by atomic mass is 10.1. The van der Waals surface area contributed by atoms with E-state index >= 15 is 0 Å². The van der Waals surface area contributed by atoms with Gasteiger partial charge in [-0.15, -0.1) is 0 Å². The average Bonchev–Trinajstić information content (AvgIpc) is 2.75. The molecule has 2 rings (SSSR count). The van der Waals surface area contributed by atoms with Crippen LogP contribution in [0.3, 0.4) is 0 Å². The van der Waals surface area contributed by atoms with Crippen LogP contribution in [0.25, 0.3) is 0 Å². The summed E-state index contributed by atoms with van der Waals surface area (Å²) in [4.78, 5) is 26.1. The third kappa shape index (κ3) is 5.24. The van der Waals surface area contributed by atoms with Crippen molar-refractivity contribution in [1.29, 1.82) is 5.26 Å². The van der Waals surface area contributed by atoms with Crippen LogP contribution in [-0.4, -0.2) is 44.1 Å². The molecule has 146 valence electrons. The molecule has 2 aromatic carbocycles. The van der Waals surface area contributed by atoms with Gasteiger partial charge in [-0.3, -0.25) is 4.79 Å². The zero-order valence-corrected chi connectivity index (χ0v) is 16.1. The highest BCUT2D eigenvalue weighted by molar-refractivity contribution is 5.91. The van der Waals surface area contributed by atoms with E-state index in [9.17, 15) is 9.59 Å². The standard InChI is InChI=1S/C21H22N2O5/c1-4-23(13-16-8-9-18(26-2)19(11-16)27-3)20(24)14-28-21(25)17-7-5-6-15(10-17)12-22/h5-11H,4,13-14H2,1-3H3. The molecule has 7 heteroatoms. The summed E-state index contributed by atoms with van der Waals surface area (Å²) in [6, 6.07) is 13.5. The molecule has 0 N–H and O–H groups in total. The minimum absolute atomic E-state index is 0.231. The minimum Gasteiger partial charge on any atom is -0.493 e. The third-order valence-corrected chi connectivity index (χ3v) is 4.11. The largest absolute Gasteiger partial charge is 0.493 e. The summed E-state index contributed by atoms with van der Waals surface area (Å²) in [5.74, 6) is 0.219. The van der Waals surface area contributed by atoms with E-state index in [1.165, 1.54) is 12.1 Å². The number of rotatable bonds is 8. The van der Waals surface area contributed by atoms with E-state index < -0.39 is 5.97 Å². The van der Waals surface area contributed by atoms with Gasteiger partial charge < -0.3 is 19.1 Å². The lowest BCUT2D eigenvalue weighted by molar-refractivity contribution is -0.134. The Balaban J connectivity index is 1.99. The van der Waals surface area contributed by atoms with E-state index in [2.05, 4.69) is 0 Å². The van der Waals surface area contributed by atoms with Gasteiger partial charge in [0.15, 0.2) is 18.1 Å². The molecule has 0 bridgehead atoms. The lowest BCUT2D eigenvalue weighted by Gasteiger charge is -2.21. The maximum absolute atomic E-state index is 12.5. The number of nitrogens with zero attached hydrogens (tertiary/aromatic N) is 2. The van der Waals surface area contributed by atoms with Gasteiger partial charge in [-0.1, -0.05) is 12.1 Å². The summed E-state index contributed by atoms with van der Waals surface area (Å²) >= 11 is 0. The van der Waals surface area contributed by atoms with Crippen LogP contribution in [0.5, 0.6) is 11.5 Å². The molecule has 2 aromatic rings. The van der Waals surface area contributed by atoms with Gasteiger partial charge in [0.25, 0.3) is 5.91 Å². The molecular formula is C21H22N2O5. The third-order valence-electron chi connectivity index (χ3n) is 4.11. The van der Waals surface area contributed by atoms with Crippen molar-refractivity contribution in [3.8, 4) is 17.6 Å². The van der Waals surface area contributed by atoms with Crippen LogP contribution in [0.4, 0.5) is 0 Å². The molecule has 0 atom stereocenters. The number of hydrogen-bond donors (Lipinski definition) is 0. The molecule has 0 aliphatic rings. The van der Waals surface area contributed by atoms with Crippen molar-refractivity contribution in [2.24, 2.45) is 0 Å². The number of amides is 1. The molecular weight excluding hydrogens is 360 g/mol. The Morgan fingerprint density at radius 1 is 1.07 bits per heavy atom. The smallest absolute Gasteiger partial charge is 0.338 e. The first-order valence-electron chi connectivity index (χ1n) is 8.68. The number of carbonyl (C=O) groups is 2. The van der Waals surface area contributed by atoms with Gasteiger partial charge in [0.1, 0.15) is 0 Å². The number of hydrogen-bond acceptors (Lipinski definition) is 6. The van der Waals surface area contributed by atoms with E-state index in [1.807, 2.05) is 19.1 Å². The summed E-state index contributed by atoms with van der Waals surface area (Å²) in [6.45, 7) is 2.26. The van der Waals surface area contributed by atoms with Gasteiger partial charge in [0.2, 0.25) is 0 Å². The summed E-state index contributed by atoms with van der Waals surface area (Å²) in [6.07, 6.45) is 0. The fraction of sp³-hybridized carbons (Fsp3) is 0.286. The summed E-state index contributed by atoms with van der Waals surface area (Å²) in [5, 5.41) is 8.90. The van der Waals surface area contributed by atoms with Crippen molar-refractivity contribution in [3.05, 3.63) is 59.2 Å². The maximum Gasteiger partial charge on any atom is 0.338 e. The van der Waals surface area contributed by atoms with Crippen molar-refractivity contribution in [3.63, 3.8) is 0 Å². The highest BCUT2D eigenvalue weighted by Crippen LogP contribution is 2.28. The second kappa shape index (κ2) is 9.97. The highest BCUT2D eigenvalue weighted by atomic mass is 16.5. The quantitative estimate of drug-likeness (QED) is 0.652. The van der Waals surface area contributed by atoms with Crippen LogP contribution in [-0.2, 0) is 16.1 Å². The Bertz CT molecular complexity index is 889. The van der Waals surface area contributed by atoms with E-state index in [-0.39, 0.29) is 18.1 Å². The lowest BCUT2D eigenvalue weighted by Crippen LogP contribution is -2.34. The molecule has 0 saturated heterocycles. The van der Waals surface area contributed by atoms with Crippen molar-refractivity contribution >= 4 is 11.9 Å². The van der Waals surface area contributed by atoms with Gasteiger partial charge in [0, 0.05) is 13.1 Å². The first kappa shape index (κ1) is 20.8. The predicted molar refractivity (Wildman–Crippen MR) is 102 cm³/mol. The predicted octanol–water partition coefficient (Wildman–Crippen LogP) is 2.78. The van der Waals surface area contributed by atoms with Crippen LogP contribution >= 0.6 is 0 Å². The van der Waals surface area contributed by atoms with Crippen LogP contribution in [0.1, 0.15) is 28.4 Å². The molecule has 0 aromatic heterocycles. The number of benzene rings is 2. The minimum atomic E-state index is -0.646. The summed E-state index contributed by atoms with van der Waals surface area (Å²) < 4.78 is 15.6. The number of likely N-dealkylation sites (N-methyl/N-ethyl adjacent to an activating group) is 1. The van der Waals surface area contributed by atoms with Gasteiger partial charge in [-0.2, -0.15) is 5.26 Å². The second-order valence-corrected chi connectivity index (χ2v) is 5.87. The Morgan fingerprint density at radius 3 is 2.46 bits per heavy atom. The van der Waals surface area contributed by atoms with Crippen LogP contribution < -0.4 is 9.47 Å². The van der Waals surface area contributed by atoms with Crippen molar-refractivity contribution in [1.82, 2.24) is 4.90 Å². The highest BCUT2D eigenvalue weighted by Gasteiger charge is 2.17. The Kier molecular flexibility index (Phi) is 7.40. The molecule has 0 spiro atoms. The number of methoxy groups -OCH3 is 2. The van der Waals surface area contributed by atoms with E-state index in [0.717, 1.165) is 5.56 Å². The van der Waals surface area contributed by atoms with E-state index in [1.54, 1.807) is 43.4 Å². The molecule has 0 aliphatic carbocycles. The van der Waals surface area contributed by atoms with Crippen molar-refractivity contribution in [2.75, 3.05) is 27.4 Å². The van der Waals surface area contributed by atoms with Gasteiger partial charge >= 0.3 is 5.97 Å². The summed E-state index contributed by atoms with van der Waals surface area (Å²) in [7, 11) is 3.10. The Labute approximate surface area is 164 Å². The molecule has 28 heavy (non-hydrogen) atoms. The molecule has 0 radical (unpaired) electrons. The monoisotopic (exact) mass is 382 g/mol. The van der Waals surface area contributed by atoms with Gasteiger partial charge in [-0.25, -0.2) is 4.79 Å². The fourth-order valence-corrected chi connectivity index (χ4v) is 2.59. The molecule has 0 aliphatic heterocycles. The van der Waals surface area contributed by atoms with Crippen LogP contribution in [0, 0.1) is 11.3 Å². The topological polar surface area (TPSA) is 88.9 Å². The first-order chi connectivity index (χ1) is 13.5. The average molecular weight is 382 g/mol. The molecule has 0 unspecified atom stereocenters. The molecule has 0 saturated carbocycles. The molecule has 1 amide bonds. The number of ether oxygens (including phenoxy) is 3.